The summed E-state index contributed by atoms with van der Waals surface area (Å²) in [5.41, 5.74) is 0.681. The van der Waals surface area contributed by atoms with Crippen LogP contribution in [0.25, 0.3) is 0 Å². The van der Waals surface area contributed by atoms with Gasteiger partial charge in [0.25, 0.3) is 10.0 Å². The number of hydrogen-bond acceptors (Lipinski definition) is 4. The molecule has 21 heavy (non-hydrogen) atoms. The van der Waals surface area contributed by atoms with Crippen LogP contribution in [-0.4, -0.2) is 31.2 Å². The van der Waals surface area contributed by atoms with Crippen molar-refractivity contribution in [1.82, 2.24) is 20.2 Å². The molecule has 1 atom stereocenters. The Bertz CT molecular complexity index is 535. The van der Waals surface area contributed by atoms with Crippen molar-refractivity contribution < 1.29 is 8.42 Å². The van der Waals surface area contributed by atoms with Crippen molar-refractivity contribution in [2.45, 2.75) is 63.6 Å². The van der Waals surface area contributed by atoms with Crippen LogP contribution in [0.4, 0.5) is 0 Å². The molecule has 6 nitrogen and oxygen atoms in total. The summed E-state index contributed by atoms with van der Waals surface area (Å²) in [5.74, 6) is 0.439. The van der Waals surface area contributed by atoms with Gasteiger partial charge in [0.15, 0.2) is 5.03 Å². The Morgan fingerprint density at radius 1 is 1.38 bits per heavy atom. The summed E-state index contributed by atoms with van der Waals surface area (Å²) in [6, 6.07) is -0.0365. The fraction of sp³-hybridized carbons (Fsp3) is 0.786. The second-order valence-electron chi connectivity index (χ2n) is 5.81. The summed E-state index contributed by atoms with van der Waals surface area (Å²) < 4.78 is 27.9. The third-order valence-corrected chi connectivity index (χ3v) is 5.78. The minimum absolute atomic E-state index is 0.0365. The van der Waals surface area contributed by atoms with Gasteiger partial charge in [-0.15, -0.1) is 0 Å². The molecule has 7 heteroatoms. The van der Waals surface area contributed by atoms with E-state index in [0.717, 1.165) is 19.4 Å². The number of nitrogens with one attached hydrogen (secondary N) is 3. The predicted molar refractivity (Wildman–Crippen MR) is 82.3 cm³/mol. The summed E-state index contributed by atoms with van der Waals surface area (Å²) in [5, 5.41) is 9.81. The molecular formula is C14H26N4O2S. The van der Waals surface area contributed by atoms with Crippen molar-refractivity contribution >= 4 is 10.0 Å². The highest BCUT2D eigenvalue weighted by molar-refractivity contribution is 7.89. The lowest BCUT2D eigenvalue weighted by molar-refractivity contribution is 0.303. The topological polar surface area (TPSA) is 86.9 Å². The predicted octanol–water partition coefficient (Wildman–Crippen LogP) is 1.77. The van der Waals surface area contributed by atoms with Gasteiger partial charge in [-0.05, 0) is 32.2 Å². The average molecular weight is 314 g/mol. The summed E-state index contributed by atoms with van der Waals surface area (Å²) in [4.78, 5) is 0. The van der Waals surface area contributed by atoms with Gasteiger partial charge >= 0.3 is 0 Å². The molecule has 0 spiro atoms. The van der Waals surface area contributed by atoms with Crippen LogP contribution >= 0.6 is 0 Å². The van der Waals surface area contributed by atoms with E-state index in [0.29, 0.717) is 18.0 Å². The number of nitrogens with zero attached hydrogens (tertiary/aromatic N) is 1. The van der Waals surface area contributed by atoms with E-state index in [1.165, 1.54) is 19.3 Å². The van der Waals surface area contributed by atoms with Crippen molar-refractivity contribution in [2.75, 3.05) is 6.54 Å². The number of aromatic amines is 1. The van der Waals surface area contributed by atoms with Gasteiger partial charge in [0.1, 0.15) is 0 Å². The van der Waals surface area contributed by atoms with E-state index in [9.17, 15) is 8.42 Å². The van der Waals surface area contributed by atoms with Crippen molar-refractivity contribution in [3.8, 4) is 0 Å². The van der Waals surface area contributed by atoms with Crippen LogP contribution in [0.5, 0.6) is 0 Å². The number of H-pyrrole nitrogens is 1. The third kappa shape index (κ3) is 4.28. The minimum Gasteiger partial charge on any atom is -0.313 e. The molecule has 0 aromatic carbocycles. The van der Waals surface area contributed by atoms with Gasteiger partial charge in [-0.2, -0.15) is 5.10 Å². The molecule has 2 rings (SSSR count). The lowest BCUT2D eigenvalue weighted by atomic mass is 9.85. The molecule has 3 N–H and O–H groups in total. The number of rotatable bonds is 7. The molecule has 1 aromatic heterocycles. The largest absolute Gasteiger partial charge is 0.313 e. The first kappa shape index (κ1) is 16.5. The lowest BCUT2D eigenvalue weighted by Crippen LogP contribution is -2.39. The second-order valence-corrected chi connectivity index (χ2v) is 7.46. The molecule has 1 saturated carbocycles. The second kappa shape index (κ2) is 7.38. The fourth-order valence-corrected chi connectivity index (χ4v) is 4.39. The van der Waals surface area contributed by atoms with Crippen molar-refractivity contribution in [3.63, 3.8) is 0 Å². The Hall–Kier alpha value is -0.920. The van der Waals surface area contributed by atoms with Crippen LogP contribution in [0, 0.1) is 5.92 Å². The first-order valence-electron chi connectivity index (χ1n) is 7.80. The first-order chi connectivity index (χ1) is 10.0. The maximum absolute atomic E-state index is 12.5. The molecule has 1 unspecified atom stereocenters. The number of hydrogen-bond donors (Lipinski definition) is 3. The highest BCUT2D eigenvalue weighted by atomic mass is 32.2. The Balaban J connectivity index is 2.05. The average Bonchev–Trinajstić information content (AvgIpc) is 2.95. The Labute approximate surface area is 127 Å². The van der Waals surface area contributed by atoms with Gasteiger partial charge in [0.2, 0.25) is 0 Å². The van der Waals surface area contributed by atoms with Crippen LogP contribution in [0.2, 0.25) is 0 Å². The molecule has 1 aromatic rings. The van der Waals surface area contributed by atoms with Crippen LogP contribution in [0.15, 0.2) is 11.2 Å². The zero-order valence-corrected chi connectivity index (χ0v) is 13.7. The highest BCUT2D eigenvalue weighted by Crippen LogP contribution is 2.27. The standard InChI is InChI=1S/C14H26N4O2S/c1-3-15-9-13-10-16-17-14(13)21(19,20)18-11(2)12-7-5-4-6-8-12/h10-12,15,18H,3-9H2,1-2H3,(H,16,17). The van der Waals surface area contributed by atoms with Crippen molar-refractivity contribution in [1.29, 1.82) is 0 Å². The summed E-state index contributed by atoms with van der Waals surface area (Å²) in [6.07, 6.45) is 7.46. The molecule has 1 fully saturated rings. The Morgan fingerprint density at radius 3 is 2.76 bits per heavy atom. The van der Waals surface area contributed by atoms with Crippen molar-refractivity contribution in [3.05, 3.63) is 11.8 Å². The third-order valence-electron chi connectivity index (χ3n) is 4.21. The smallest absolute Gasteiger partial charge is 0.258 e. The van der Waals surface area contributed by atoms with Crippen LogP contribution in [0.1, 0.15) is 51.5 Å². The molecule has 1 aliphatic carbocycles. The van der Waals surface area contributed by atoms with E-state index in [1.807, 2.05) is 13.8 Å². The maximum atomic E-state index is 12.5. The minimum atomic E-state index is -3.53. The monoisotopic (exact) mass is 314 g/mol. The van der Waals surface area contributed by atoms with E-state index in [4.69, 9.17) is 0 Å². The molecule has 0 aliphatic heterocycles. The van der Waals surface area contributed by atoms with Gasteiger partial charge in [0, 0.05) is 18.2 Å². The van der Waals surface area contributed by atoms with E-state index in [1.54, 1.807) is 6.20 Å². The molecule has 0 radical (unpaired) electrons. The van der Waals surface area contributed by atoms with Gasteiger partial charge in [0.05, 0.1) is 6.20 Å². The summed E-state index contributed by atoms with van der Waals surface area (Å²) in [7, 11) is -3.53. The first-order valence-corrected chi connectivity index (χ1v) is 9.28. The number of aromatic nitrogens is 2. The van der Waals surface area contributed by atoms with E-state index < -0.39 is 10.0 Å². The van der Waals surface area contributed by atoms with Crippen molar-refractivity contribution in [2.24, 2.45) is 5.92 Å². The molecule has 1 aliphatic rings. The summed E-state index contributed by atoms with van der Waals surface area (Å²) in [6.45, 7) is 5.24. The van der Waals surface area contributed by atoms with Gasteiger partial charge in [-0.3, -0.25) is 5.10 Å². The molecule has 120 valence electrons. The van der Waals surface area contributed by atoms with Crippen LogP contribution < -0.4 is 10.0 Å². The SMILES string of the molecule is CCNCc1cn[nH]c1S(=O)(=O)NC(C)C1CCCCC1. The highest BCUT2D eigenvalue weighted by Gasteiger charge is 2.27. The summed E-state index contributed by atoms with van der Waals surface area (Å²) >= 11 is 0. The van der Waals surface area contributed by atoms with Gasteiger partial charge in [-0.1, -0.05) is 26.2 Å². The van der Waals surface area contributed by atoms with Gasteiger partial charge < -0.3 is 5.32 Å². The number of sulfonamides is 1. The van der Waals surface area contributed by atoms with Gasteiger partial charge in [-0.25, -0.2) is 13.1 Å². The molecule has 0 saturated heterocycles. The quantitative estimate of drug-likeness (QED) is 0.716. The zero-order valence-electron chi connectivity index (χ0n) is 12.9. The molecule has 1 heterocycles. The fourth-order valence-electron chi connectivity index (χ4n) is 2.95. The maximum Gasteiger partial charge on any atom is 0.258 e. The Morgan fingerprint density at radius 2 is 2.10 bits per heavy atom. The normalized spacial score (nSPS) is 18.8. The molecule has 0 amide bonds. The van der Waals surface area contributed by atoms with Crippen LogP contribution in [-0.2, 0) is 16.6 Å². The zero-order chi connectivity index (χ0) is 15.3. The molecule has 0 bridgehead atoms. The van der Waals surface area contributed by atoms with E-state index in [2.05, 4.69) is 20.2 Å². The lowest BCUT2D eigenvalue weighted by Gasteiger charge is -2.28. The molecular weight excluding hydrogens is 288 g/mol. The van der Waals surface area contributed by atoms with Crippen LogP contribution in [0.3, 0.4) is 0 Å². The van der Waals surface area contributed by atoms with E-state index in [-0.39, 0.29) is 11.1 Å². The van der Waals surface area contributed by atoms with E-state index >= 15 is 0 Å². The Kier molecular flexibility index (Phi) is 5.78.